The fraction of sp³-hybridized carbons (Fsp3) is 0.529. The minimum atomic E-state index is -0.510. The summed E-state index contributed by atoms with van der Waals surface area (Å²) < 4.78 is 5.80. The van der Waals surface area contributed by atoms with Gasteiger partial charge in [-0.15, -0.1) is 0 Å². The molecule has 1 aliphatic rings. The van der Waals surface area contributed by atoms with Gasteiger partial charge in [0, 0.05) is 26.1 Å². The number of carbonyl (C=O) groups excluding carboxylic acids is 2. The minimum Gasteiger partial charge on any atom is -0.481 e. The van der Waals surface area contributed by atoms with Gasteiger partial charge in [0.25, 0.3) is 5.91 Å². The highest BCUT2D eigenvalue weighted by Crippen LogP contribution is 2.16. The Hall–Kier alpha value is -2.04. The molecule has 2 rings (SSSR count). The molecule has 22 heavy (non-hydrogen) atoms. The van der Waals surface area contributed by atoms with Gasteiger partial charge in [0.05, 0.1) is 0 Å². The quantitative estimate of drug-likeness (QED) is 0.904. The van der Waals surface area contributed by atoms with Crippen LogP contribution in [0.5, 0.6) is 5.75 Å². The van der Waals surface area contributed by atoms with Gasteiger partial charge in [-0.1, -0.05) is 19.1 Å². The van der Waals surface area contributed by atoms with Crippen molar-refractivity contribution in [2.45, 2.75) is 45.3 Å². The van der Waals surface area contributed by atoms with Crippen molar-refractivity contribution in [3.8, 4) is 5.75 Å². The lowest BCUT2D eigenvalue weighted by molar-refractivity contribution is -0.135. The number of ether oxygens (including phenoxy) is 1. The van der Waals surface area contributed by atoms with Gasteiger partial charge < -0.3 is 15.0 Å². The summed E-state index contributed by atoms with van der Waals surface area (Å²) in [5.41, 5.74) is 1.10. The van der Waals surface area contributed by atoms with Crippen LogP contribution >= 0.6 is 0 Å². The van der Waals surface area contributed by atoms with Crippen LogP contribution in [0.25, 0.3) is 0 Å². The van der Waals surface area contributed by atoms with E-state index in [1.807, 2.05) is 38.1 Å². The summed E-state index contributed by atoms with van der Waals surface area (Å²) >= 11 is 0. The summed E-state index contributed by atoms with van der Waals surface area (Å²) in [6.45, 7) is 4.48. The molecule has 5 nitrogen and oxygen atoms in total. The van der Waals surface area contributed by atoms with Crippen molar-refractivity contribution >= 4 is 11.8 Å². The molecule has 1 N–H and O–H groups in total. The van der Waals surface area contributed by atoms with Crippen molar-refractivity contribution in [2.75, 3.05) is 13.6 Å². The molecule has 2 atom stereocenters. The average Bonchev–Trinajstić information content (AvgIpc) is 2.48. The monoisotopic (exact) mass is 304 g/mol. The van der Waals surface area contributed by atoms with Crippen molar-refractivity contribution in [3.05, 3.63) is 29.8 Å². The van der Waals surface area contributed by atoms with Crippen LogP contribution in [0.4, 0.5) is 0 Å². The number of piperidine rings is 1. The predicted octanol–water partition coefficient (Wildman–Crippen LogP) is 1.89. The molecule has 1 fully saturated rings. The zero-order chi connectivity index (χ0) is 16.1. The highest BCUT2D eigenvalue weighted by molar-refractivity contribution is 5.82. The number of aryl methyl sites for hydroxylation is 1. The Kier molecular flexibility index (Phi) is 5.41. The molecule has 1 aromatic carbocycles. The van der Waals surface area contributed by atoms with Crippen LogP contribution in [0.2, 0.25) is 0 Å². The van der Waals surface area contributed by atoms with Crippen LogP contribution in [0, 0.1) is 6.92 Å². The maximum atomic E-state index is 12.4. The predicted molar refractivity (Wildman–Crippen MR) is 84.7 cm³/mol. The number of hydrogen-bond donors (Lipinski definition) is 1. The third-order valence-electron chi connectivity index (χ3n) is 3.90. The SMILES string of the molecule is CCC(Oc1cccc(C)c1)C(=O)NC1CCC(=O)N(C)C1. The van der Waals surface area contributed by atoms with Crippen molar-refractivity contribution in [1.82, 2.24) is 10.2 Å². The Morgan fingerprint density at radius 1 is 1.50 bits per heavy atom. The van der Waals surface area contributed by atoms with Gasteiger partial charge in [-0.3, -0.25) is 9.59 Å². The summed E-state index contributed by atoms with van der Waals surface area (Å²) in [5.74, 6) is 0.725. The second-order valence-electron chi connectivity index (χ2n) is 5.85. The van der Waals surface area contributed by atoms with E-state index in [1.54, 1.807) is 11.9 Å². The van der Waals surface area contributed by atoms with Crippen molar-refractivity contribution in [1.29, 1.82) is 0 Å². The Labute approximate surface area is 131 Å². The van der Waals surface area contributed by atoms with E-state index in [0.717, 1.165) is 5.56 Å². The topological polar surface area (TPSA) is 58.6 Å². The van der Waals surface area contributed by atoms with Gasteiger partial charge >= 0.3 is 0 Å². The van der Waals surface area contributed by atoms with Crippen LogP contribution in [0.3, 0.4) is 0 Å². The maximum Gasteiger partial charge on any atom is 0.261 e. The molecule has 5 heteroatoms. The standard InChI is InChI=1S/C17H24N2O3/c1-4-15(22-14-7-5-6-12(2)10-14)17(21)18-13-8-9-16(20)19(3)11-13/h5-7,10,13,15H,4,8-9,11H2,1-3H3,(H,18,21). The largest absolute Gasteiger partial charge is 0.481 e. The Balaban J connectivity index is 1.93. The second-order valence-corrected chi connectivity index (χ2v) is 5.85. The van der Waals surface area contributed by atoms with Gasteiger partial charge in [0.15, 0.2) is 6.10 Å². The van der Waals surface area contributed by atoms with Gasteiger partial charge in [0.1, 0.15) is 5.75 Å². The molecule has 0 saturated carbocycles. The van der Waals surface area contributed by atoms with E-state index >= 15 is 0 Å². The molecule has 0 radical (unpaired) electrons. The third-order valence-corrected chi connectivity index (χ3v) is 3.90. The lowest BCUT2D eigenvalue weighted by Gasteiger charge is -2.31. The number of benzene rings is 1. The lowest BCUT2D eigenvalue weighted by Crippen LogP contribution is -2.51. The molecule has 2 amide bonds. The van der Waals surface area contributed by atoms with Crippen molar-refractivity contribution in [2.24, 2.45) is 0 Å². The normalized spacial score (nSPS) is 19.7. The average molecular weight is 304 g/mol. The molecule has 0 aromatic heterocycles. The van der Waals surface area contributed by atoms with Crippen molar-refractivity contribution < 1.29 is 14.3 Å². The van der Waals surface area contributed by atoms with Crippen LogP contribution in [-0.2, 0) is 9.59 Å². The summed E-state index contributed by atoms with van der Waals surface area (Å²) in [6, 6.07) is 7.68. The summed E-state index contributed by atoms with van der Waals surface area (Å²) in [6.07, 6.45) is 1.26. The molecule has 1 aromatic rings. The first-order valence-electron chi connectivity index (χ1n) is 7.77. The second kappa shape index (κ2) is 7.29. The van der Waals surface area contributed by atoms with E-state index in [1.165, 1.54) is 0 Å². The van der Waals surface area contributed by atoms with E-state index < -0.39 is 6.10 Å². The fourth-order valence-electron chi connectivity index (χ4n) is 2.60. The number of carbonyl (C=O) groups is 2. The highest BCUT2D eigenvalue weighted by Gasteiger charge is 2.27. The summed E-state index contributed by atoms with van der Waals surface area (Å²) in [5, 5.41) is 3.00. The van der Waals surface area contributed by atoms with E-state index in [2.05, 4.69) is 5.32 Å². The van der Waals surface area contributed by atoms with Gasteiger partial charge in [-0.2, -0.15) is 0 Å². The number of amides is 2. The van der Waals surface area contributed by atoms with Gasteiger partial charge in [-0.25, -0.2) is 0 Å². The number of rotatable bonds is 5. The Morgan fingerprint density at radius 2 is 2.27 bits per heavy atom. The van der Waals surface area contributed by atoms with Crippen LogP contribution in [0.15, 0.2) is 24.3 Å². The van der Waals surface area contributed by atoms with Gasteiger partial charge in [-0.05, 0) is 37.5 Å². The van der Waals surface area contributed by atoms with Gasteiger partial charge in [0.2, 0.25) is 5.91 Å². The van der Waals surface area contributed by atoms with Crippen LogP contribution in [0.1, 0.15) is 31.7 Å². The molecular formula is C17H24N2O3. The molecular weight excluding hydrogens is 280 g/mol. The number of hydrogen-bond acceptors (Lipinski definition) is 3. The first-order valence-corrected chi connectivity index (χ1v) is 7.77. The fourth-order valence-corrected chi connectivity index (χ4v) is 2.60. The first kappa shape index (κ1) is 16.3. The van der Waals surface area contributed by atoms with E-state index in [4.69, 9.17) is 4.74 Å². The molecule has 2 unspecified atom stereocenters. The van der Waals surface area contributed by atoms with Crippen LogP contribution in [-0.4, -0.2) is 42.5 Å². The van der Waals surface area contributed by atoms with E-state index in [0.29, 0.717) is 31.6 Å². The molecule has 1 aliphatic heterocycles. The maximum absolute atomic E-state index is 12.4. The first-order chi connectivity index (χ1) is 10.5. The third kappa shape index (κ3) is 4.23. The van der Waals surface area contributed by atoms with Crippen LogP contribution < -0.4 is 10.1 Å². The molecule has 0 bridgehead atoms. The Bertz CT molecular complexity index is 544. The van der Waals surface area contributed by atoms with E-state index in [9.17, 15) is 9.59 Å². The zero-order valence-corrected chi connectivity index (χ0v) is 13.5. The zero-order valence-electron chi connectivity index (χ0n) is 13.5. The minimum absolute atomic E-state index is 0.00496. The lowest BCUT2D eigenvalue weighted by atomic mass is 10.1. The highest BCUT2D eigenvalue weighted by atomic mass is 16.5. The summed E-state index contributed by atoms with van der Waals surface area (Å²) in [4.78, 5) is 25.5. The summed E-state index contributed by atoms with van der Waals surface area (Å²) in [7, 11) is 1.77. The Morgan fingerprint density at radius 3 is 2.91 bits per heavy atom. The number of likely N-dealkylation sites (tertiary alicyclic amines) is 1. The van der Waals surface area contributed by atoms with E-state index in [-0.39, 0.29) is 17.9 Å². The molecule has 0 aliphatic carbocycles. The molecule has 0 spiro atoms. The number of nitrogens with zero attached hydrogens (tertiary/aromatic N) is 1. The molecule has 1 saturated heterocycles. The number of nitrogens with one attached hydrogen (secondary N) is 1. The number of likely N-dealkylation sites (N-methyl/N-ethyl adjacent to an activating group) is 1. The van der Waals surface area contributed by atoms with Crippen molar-refractivity contribution in [3.63, 3.8) is 0 Å². The smallest absolute Gasteiger partial charge is 0.261 e. The molecule has 120 valence electrons. The molecule has 1 heterocycles.